The maximum atomic E-state index is 13.1. The van der Waals surface area contributed by atoms with E-state index in [4.69, 9.17) is 0 Å². The number of rotatable bonds is 7. The summed E-state index contributed by atoms with van der Waals surface area (Å²) in [5.41, 5.74) is 0.759. The van der Waals surface area contributed by atoms with Gasteiger partial charge in [-0.2, -0.15) is 13.2 Å². The molecule has 0 aromatic heterocycles. The fourth-order valence-electron chi connectivity index (χ4n) is 3.57. The number of nitrogens with one attached hydrogen (secondary N) is 2. The number of anilines is 3. The van der Waals surface area contributed by atoms with Crippen molar-refractivity contribution in [3.63, 3.8) is 0 Å². The summed E-state index contributed by atoms with van der Waals surface area (Å²) in [5, 5.41) is 5.26. The molecular formula is C27H28F3N3O4S. The molecule has 0 fully saturated rings. The normalized spacial score (nSPS) is 12.1. The molecule has 3 aromatic carbocycles. The Morgan fingerprint density at radius 2 is 1.39 bits per heavy atom. The van der Waals surface area contributed by atoms with E-state index >= 15 is 0 Å². The van der Waals surface area contributed by atoms with Gasteiger partial charge < -0.3 is 10.6 Å². The van der Waals surface area contributed by atoms with E-state index in [9.17, 15) is 31.2 Å². The first-order chi connectivity index (χ1) is 17.5. The van der Waals surface area contributed by atoms with Crippen molar-refractivity contribution in [1.82, 2.24) is 0 Å². The van der Waals surface area contributed by atoms with Crippen LogP contribution in [0.1, 0.15) is 42.3 Å². The molecular weight excluding hydrogens is 519 g/mol. The van der Waals surface area contributed by atoms with Gasteiger partial charge in [-0.25, -0.2) is 8.42 Å². The van der Waals surface area contributed by atoms with Crippen LogP contribution >= 0.6 is 0 Å². The number of benzene rings is 3. The number of amides is 2. The molecule has 11 heteroatoms. The molecule has 202 valence electrons. The second-order valence-corrected chi connectivity index (χ2v) is 11.6. The summed E-state index contributed by atoms with van der Waals surface area (Å²) in [5.74, 6) is -1.14. The number of hydrogen-bond donors (Lipinski definition) is 2. The Morgan fingerprint density at radius 1 is 0.816 bits per heavy atom. The Kier molecular flexibility index (Phi) is 8.21. The molecule has 0 atom stereocenters. The van der Waals surface area contributed by atoms with Crippen molar-refractivity contribution in [3.05, 3.63) is 89.5 Å². The van der Waals surface area contributed by atoms with Crippen LogP contribution in [-0.2, 0) is 26.4 Å². The van der Waals surface area contributed by atoms with E-state index < -0.39 is 34.2 Å². The first kappa shape index (κ1) is 28.7. The highest BCUT2D eigenvalue weighted by Gasteiger charge is 2.32. The summed E-state index contributed by atoms with van der Waals surface area (Å²) in [6, 6.07) is 17.1. The Hall–Kier alpha value is -3.86. The van der Waals surface area contributed by atoms with Crippen molar-refractivity contribution in [1.29, 1.82) is 0 Å². The first-order valence-electron chi connectivity index (χ1n) is 11.5. The highest BCUT2D eigenvalue weighted by atomic mass is 32.2. The molecule has 2 amide bonds. The van der Waals surface area contributed by atoms with Crippen LogP contribution in [0, 0.1) is 0 Å². The monoisotopic (exact) mass is 547 g/mol. The standard InChI is InChI=1S/C27H28F3N3O4S/c1-26(2,3)19-13-11-18(12-14-19)25(35)32-22-9-6-8-21(16-22)31-24(34)17-33(38(4,36)37)23-10-5-7-20(15-23)27(28,29)30/h5-16H,17H2,1-4H3,(H,31,34)(H,32,35). The van der Waals surface area contributed by atoms with Gasteiger partial charge in [-0.05, 0) is 59.5 Å². The van der Waals surface area contributed by atoms with Gasteiger partial charge in [-0.15, -0.1) is 0 Å². The lowest BCUT2D eigenvalue weighted by Crippen LogP contribution is -2.37. The van der Waals surface area contributed by atoms with Gasteiger partial charge in [0.2, 0.25) is 15.9 Å². The van der Waals surface area contributed by atoms with Crippen molar-refractivity contribution in [2.75, 3.05) is 27.7 Å². The Morgan fingerprint density at radius 3 is 1.95 bits per heavy atom. The molecule has 0 radical (unpaired) electrons. The molecule has 38 heavy (non-hydrogen) atoms. The third kappa shape index (κ3) is 7.58. The van der Waals surface area contributed by atoms with Gasteiger partial charge in [0.1, 0.15) is 6.54 Å². The van der Waals surface area contributed by atoms with Gasteiger partial charge in [0.25, 0.3) is 5.91 Å². The third-order valence-electron chi connectivity index (χ3n) is 5.57. The highest BCUT2D eigenvalue weighted by molar-refractivity contribution is 7.92. The predicted molar refractivity (Wildman–Crippen MR) is 142 cm³/mol. The minimum absolute atomic E-state index is 0.0602. The summed E-state index contributed by atoms with van der Waals surface area (Å²) >= 11 is 0. The lowest BCUT2D eigenvalue weighted by molar-refractivity contribution is -0.137. The van der Waals surface area contributed by atoms with E-state index in [0.717, 1.165) is 24.0 Å². The molecule has 0 aliphatic carbocycles. The van der Waals surface area contributed by atoms with Crippen LogP contribution in [0.3, 0.4) is 0 Å². The van der Waals surface area contributed by atoms with Crippen molar-refractivity contribution >= 4 is 38.9 Å². The van der Waals surface area contributed by atoms with E-state index in [-0.39, 0.29) is 22.7 Å². The number of sulfonamides is 1. The maximum absolute atomic E-state index is 13.1. The molecule has 0 aliphatic rings. The number of hydrogen-bond acceptors (Lipinski definition) is 4. The Balaban J connectivity index is 1.72. The number of halogens is 3. The van der Waals surface area contributed by atoms with E-state index in [1.807, 2.05) is 12.1 Å². The van der Waals surface area contributed by atoms with Crippen LogP contribution in [0.5, 0.6) is 0 Å². The molecule has 0 aliphatic heterocycles. The average molecular weight is 548 g/mol. The number of carbonyl (C=O) groups excluding carboxylic acids is 2. The molecule has 0 spiro atoms. The molecule has 0 saturated carbocycles. The summed E-state index contributed by atoms with van der Waals surface area (Å²) < 4.78 is 64.5. The van der Waals surface area contributed by atoms with E-state index in [2.05, 4.69) is 31.4 Å². The summed E-state index contributed by atoms with van der Waals surface area (Å²) in [6.07, 6.45) is -3.88. The van der Waals surface area contributed by atoms with Gasteiger partial charge in [-0.1, -0.05) is 45.0 Å². The molecule has 3 aromatic rings. The van der Waals surface area contributed by atoms with E-state index in [1.165, 1.54) is 18.2 Å². The summed E-state index contributed by atoms with van der Waals surface area (Å²) in [4.78, 5) is 25.3. The molecule has 0 heterocycles. The van der Waals surface area contributed by atoms with Gasteiger partial charge in [0, 0.05) is 16.9 Å². The van der Waals surface area contributed by atoms with Crippen LogP contribution in [-0.4, -0.2) is 33.0 Å². The molecule has 3 rings (SSSR count). The van der Waals surface area contributed by atoms with Crippen LogP contribution in [0.15, 0.2) is 72.8 Å². The zero-order chi connectivity index (χ0) is 28.3. The summed E-state index contributed by atoms with van der Waals surface area (Å²) in [6.45, 7) is 5.45. The average Bonchev–Trinajstić information content (AvgIpc) is 2.81. The van der Waals surface area contributed by atoms with Crippen molar-refractivity contribution < 1.29 is 31.2 Å². The minimum Gasteiger partial charge on any atom is -0.324 e. The SMILES string of the molecule is CC(C)(C)c1ccc(C(=O)Nc2cccc(NC(=O)CN(c3cccc(C(F)(F)F)c3)S(C)(=O)=O)c2)cc1. The molecule has 0 unspecified atom stereocenters. The van der Waals surface area contributed by atoms with Gasteiger partial charge in [0.05, 0.1) is 17.5 Å². The van der Waals surface area contributed by atoms with Gasteiger partial charge in [0.15, 0.2) is 0 Å². The maximum Gasteiger partial charge on any atom is 0.416 e. The van der Waals surface area contributed by atoms with Crippen LogP contribution < -0.4 is 14.9 Å². The summed E-state index contributed by atoms with van der Waals surface area (Å²) in [7, 11) is -4.09. The third-order valence-corrected chi connectivity index (χ3v) is 6.71. The van der Waals surface area contributed by atoms with Crippen LogP contribution in [0.4, 0.5) is 30.2 Å². The first-order valence-corrected chi connectivity index (χ1v) is 13.4. The number of carbonyl (C=O) groups is 2. The Labute approximate surface area is 219 Å². The van der Waals surface area contributed by atoms with E-state index in [1.54, 1.807) is 24.3 Å². The van der Waals surface area contributed by atoms with Gasteiger partial charge >= 0.3 is 6.18 Å². The Bertz CT molecular complexity index is 1430. The fourth-order valence-corrected chi connectivity index (χ4v) is 4.42. The second kappa shape index (κ2) is 10.9. The van der Waals surface area contributed by atoms with Crippen molar-refractivity contribution in [2.45, 2.75) is 32.4 Å². The van der Waals surface area contributed by atoms with Crippen molar-refractivity contribution in [2.24, 2.45) is 0 Å². The second-order valence-electron chi connectivity index (χ2n) is 9.73. The zero-order valence-corrected chi connectivity index (χ0v) is 22.1. The molecule has 7 nitrogen and oxygen atoms in total. The highest BCUT2D eigenvalue weighted by Crippen LogP contribution is 2.32. The number of nitrogens with zero attached hydrogens (tertiary/aromatic N) is 1. The van der Waals surface area contributed by atoms with Crippen LogP contribution in [0.2, 0.25) is 0 Å². The van der Waals surface area contributed by atoms with E-state index in [0.29, 0.717) is 21.6 Å². The minimum atomic E-state index is -4.68. The molecule has 2 N–H and O–H groups in total. The van der Waals surface area contributed by atoms with Crippen molar-refractivity contribution in [3.8, 4) is 0 Å². The van der Waals surface area contributed by atoms with Gasteiger partial charge in [-0.3, -0.25) is 13.9 Å². The lowest BCUT2D eigenvalue weighted by atomic mass is 9.87. The molecule has 0 saturated heterocycles. The fraction of sp³-hybridized carbons (Fsp3) is 0.259. The largest absolute Gasteiger partial charge is 0.416 e. The predicted octanol–water partition coefficient (Wildman–Crippen LogP) is 5.66. The lowest BCUT2D eigenvalue weighted by Gasteiger charge is -2.23. The zero-order valence-electron chi connectivity index (χ0n) is 21.3. The van der Waals surface area contributed by atoms with Crippen LogP contribution in [0.25, 0.3) is 0 Å². The molecule has 0 bridgehead atoms. The number of alkyl halides is 3. The smallest absolute Gasteiger partial charge is 0.324 e. The quantitative estimate of drug-likeness (QED) is 0.399. The topological polar surface area (TPSA) is 95.6 Å².